The first-order valence-corrected chi connectivity index (χ1v) is 12.0. The zero-order chi connectivity index (χ0) is 22.5. The second-order valence-corrected chi connectivity index (χ2v) is 10.2. The standard InChI is InChI=1S/C21H23Cl2N7OS/c1-11-18(25)21(10-31-11)4-6-30(7-5-21)15-9-26-20-12(27-15)2-3-16(29-20)32-13-8-14(24)28-19(23)17(13)22/h2-3,8-9,11,18H,4-7,10,25H2,1H3,(H2,24,28). The van der Waals surface area contributed by atoms with Gasteiger partial charge in [-0.05, 0) is 38.0 Å². The summed E-state index contributed by atoms with van der Waals surface area (Å²) in [6.45, 7) is 4.57. The van der Waals surface area contributed by atoms with Crippen molar-refractivity contribution in [3.63, 3.8) is 0 Å². The van der Waals surface area contributed by atoms with E-state index in [4.69, 9.17) is 44.4 Å². The molecular weight excluding hydrogens is 469 g/mol. The fourth-order valence-electron chi connectivity index (χ4n) is 4.42. The lowest BCUT2D eigenvalue weighted by Crippen LogP contribution is -2.50. The van der Waals surface area contributed by atoms with Gasteiger partial charge in [-0.3, -0.25) is 0 Å². The Balaban J connectivity index is 1.33. The van der Waals surface area contributed by atoms with Crippen molar-refractivity contribution in [3.05, 3.63) is 34.6 Å². The van der Waals surface area contributed by atoms with E-state index < -0.39 is 0 Å². The number of anilines is 2. The van der Waals surface area contributed by atoms with Crippen molar-refractivity contribution in [2.24, 2.45) is 11.1 Å². The summed E-state index contributed by atoms with van der Waals surface area (Å²) < 4.78 is 5.82. The summed E-state index contributed by atoms with van der Waals surface area (Å²) in [7, 11) is 0. The average molecular weight is 492 g/mol. The van der Waals surface area contributed by atoms with E-state index in [1.807, 2.05) is 12.1 Å². The molecule has 0 radical (unpaired) electrons. The molecule has 2 aliphatic heterocycles. The zero-order valence-corrected chi connectivity index (χ0v) is 19.8. The van der Waals surface area contributed by atoms with Gasteiger partial charge >= 0.3 is 0 Å². The Hall–Kier alpha value is -1.91. The minimum absolute atomic E-state index is 0.0778. The normalized spacial score (nSPS) is 22.7. The van der Waals surface area contributed by atoms with E-state index in [0.29, 0.717) is 26.4 Å². The monoisotopic (exact) mass is 491 g/mol. The van der Waals surface area contributed by atoms with Gasteiger partial charge in [-0.2, -0.15) is 0 Å². The molecule has 0 aromatic carbocycles. The molecule has 4 N–H and O–H groups in total. The number of piperidine rings is 1. The van der Waals surface area contributed by atoms with Gasteiger partial charge in [0.15, 0.2) is 10.8 Å². The second kappa shape index (κ2) is 8.46. The Kier molecular flexibility index (Phi) is 5.79. The first-order valence-electron chi connectivity index (χ1n) is 10.4. The molecular formula is C21H23Cl2N7OS. The summed E-state index contributed by atoms with van der Waals surface area (Å²) in [5.41, 5.74) is 13.6. The average Bonchev–Trinajstić information content (AvgIpc) is 3.06. The highest BCUT2D eigenvalue weighted by molar-refractivity contribution is 7.99. The largest absolute Gasteiger partial charge is 0.384 e. The molecule has 168 valence electrons. The Morgan fingerprint density at radius 3 is 2.69 bits per heavy atom. The SMILES string of the molecule is CC1OCC2(CCN(c3cnc4nc(Sc5cc(N)nc(Cl)c5Cl)ccc4n3)CC2)C1N. The zero-order valence-electron chi connectivity index (χ0n) is 17.5. The van der Waals surface area contributed by atoms with E-state index in [9.17, 15) is 0 Å². The molecule has 3 aromatic heterocycles. The number of rotatable bonds is 3. The highest BCUT2D eigenvalue weighted by atomic mass is 35.5. The molecule has 5 heterocycles. The van der Waals surface area contributed by atoms with Crippen LogP contribution >= 0.6 is 35.0 Å². The number of fused-ring (bicyclic) bond motifs is 1. The number of halogens is 2. The number of nitrogen functional groups attached to an aromatic ring is 1. The fraction of sp³-hybridized carbons (Fsp3) is 0.429. The van der Waals surface area contributed by atoms with Crippen LogP contribution in [0.2, 0.25) is 10.2 Å². The molecule has 8 nitrogen and oxygen atoms in total. The van der Waals surface area contributed by atoms with Crippen LogP contribution in [0.4, 0.5) is 11.6 Å². The molecule has 32 heavy (non-hydrogen) atoms. The van der Waals surface area contributed by atoms with Crippen LogP contribution < -0.4 is 16.4 Å². The van der Waals surface area contributed by atoms with Gasteiger partial charge < -0.3 is 21.1 Å². The number of hydrogen-bond acceptors (Lipinski definition) is 9. The van der Waals surface area contributed by atoms with Gasteiger partial charge in [0.1, 0.15) is 22.2 Å². The lowest BCUT2D eigenvalue weighted by Gasteiger charge is -2.41. The lowest BCUT2D eigenvalue weighted by molar-refractivity contribution is 0.0974. The van der Waals surface area contributed by atoms with E-state index in [1.54, 1.807) is 12.3 Å². The summed E-state index contributed by atoms with van der Waals surface area (Å²) in [5, 5.41) is 1.23. The van der Waals surface area contributed by atoms with Crippen molar-refractivity contribution < 1.29 is 4.74 Å². The summed E-state index contributed by atoms with van der Waals surface area (Å²) in [5.74, 6) is 1.15. The quantitative estimate of drug-likeness (QED) is 0.527. The number of hydrogen-bond donors (Lipinski definition) is 2. The Morgan fingerprint density at radius 1 is 1.19 bits per heavy atom. The molecule has 2 atom stereocenters. The van der Waals surface area contributed by atoms with Gasteiger partial charge in [0, 0.05) is 29.4 Å². The summed E-state index contributed by atoms with van der Waals surface area (Å²) >= 11 is 13.6. The third kappa shape index (κ3) is 3.97. The van der Waals surface area contributed by atoms with Gasteiger partial charge in [-0.1, -0.05) is 35.0 Å². The van der Waals surface area contributed by atoms with Gasteiger partial charge in [-0.15, -0.1) is 0 Å². The Labute approximate surface area is 200 Å². The molecule has 0 amide bonds. The first kappa shape index (κ1) is 21.9. The van der Waals surface area contributed by atoms with Crippen LogP contribution in [0.15, 0.2) is 34.3 Å². The van der Waals surface area contributed by atoms with E-state index >= 15 is 0 Å². The van der Waals surface area contributed by atoms with Crippen molar-refractivity contribution in [1.82, 2.24) is 19.9 Å². The maximum atomic E-state index is 6.43. The molecule has 2 aliphatic rings. The van der Waals surface area contributed by atoms with Gasteiger partial charge in [0.05, 0.1) is 23.9 Å². The molecule has 0 saturated carbocycles. The number of nitrogens with zero attached hydrogens (tertiary/aromatic N) is 5. The topological polar surface area (TPSA) is 116 Å². The molecule has 1 spiro atoms. The first-order chi connectivity index (χ1) is 15.3. The molecule has 0 aliphatic carbocycles. The molecule has 2 saturated heterocycles. The van der Waals surface area contributed by atoms with Crippen molar-refractivity contribution in [2.75, 3.05) is 30.3 Å². The van der Waals surface area contributed by atoms with Crippen molar-refractivity contribution in [2.45, 2.75) is 41.8 Å². The van der Waals surface area contributed by atoms with Crippen molar-refractivity contribution in [1.29, 1.82) is 0 Å². The van der Waals surface area contributed by atoms with Gasteiger partial charge in [-0.25, -0.2) is 19.9 Å². The number of pyridine rings is 2. The van der Waals surface area contributed by atoms with Gasteiger partial charge in [0.25, 0.3) is 0 Å². The van der Waals surface area contributed by atoms with Crippen LogP contribution in [0.25, 0.3) is 11.2 Å². The summed E-state index contributed by atoms with van der Waals surface area (Å²) in [4.78, 5) is 20.9. The van der Waals surface area contributed by atoms with Crippen LogP contribution in [0.3, 0.4) is 0 Å². The summed E-state index contributed by atoms with van der Waals surface area (Å²) in [6, 6.07) is 5.56. The predicted molar refractivity (Wildman–Crippen MR) is 127 cm³/mol. The minimum Gasteiger partial charge on any atom is -0.384 e. The van der Waals surface area contributed by atoms with Gasteiger partial charge in [0.2, 0.25) is 0 Å². The number of ether oxygens (including phenoxy) is 1. The van der Waals surface area contributed by atoms with Crippen molar-refractivity contribution in [3.8, 4) is 0 Å². The second-order valence-electron chi connectivity index (χ2n) is 8.36. The highest BCUT2D eigenvalue weighted by Gasteiger charge is 2.47. The third-order valence-electron chi connectivity index (χ3n) is 6.41. The van der Waals surface area contributed by atoms with Crippen LogP contribution in [0, 0.1) is 5.41 Å². The van der Waals surface area contributed by atoms with Crippen LogP contribution in [-0.4, -0.2) is 51.8 Å². The molecule has 2 fully saturated rings. The molecule has 5 rings (SSSR count). The van der Waals surface area contributed by atoms with E-state index in [1.165, 1.54) is 11.8 Å². The Bertz CT molecular complexity index is 1170. The molecule has 3 aromatic rings. The van der Waals surface area contributed by atoms with Crippen LogP contribution in [-0.2, 0) is 4.74 Å². The van der Waals surface area contributed by atoms with E-state index in [2.05, 4.69) is 26.8 Å². The number of aromatic nitrogens is 4. The Morgan fingerprint density at radius 2 is 1.97 bits per heavy atom. The molecule has 11 heteroatoms. The van der Waals surface area contributed by atoms with Crippen LogP contribution in [0.5, 0.6) is 0 Å². The van der Waals surface area contributed by atoms with E-state index in [0.717, 1.165) is 43.9 Å². The fourth-order valence-corrected chi connectivity index (χ4v) is 5.75. The molecule has 0 bridgehead atoms. The maximum Gasteiger partial charge on any atom is 0.179 e. The van der Waals surface area contributed by atoms with Crippen molar-refractivity contribution >= 4 is 57.8 Å². The number of nitrogens with two attached hydrogens (primary N) is 2. The smallest absolute Gasteiger partial charge is 0.179 e. The van der Waals surface area contributed by atoms with Crippen LogP contribution in [0.1, 0.15) is 19.8 Å². The maximum absolute atomic E-state index is 6.43. The minimum atomic E-state index is 0.0778. The molecule has 2 unspecified atom stereocenters. The predicted octanol–water partition coefficient (Wildman–Crippen LogP) is 3.79. The third-order valence-corrected chi connectivity index (χ3v) is 8.26. The summed E-state index contributed by atoms with van der Waals surface area (Å²) in [6.07, 6.45) is 3.88. The van der Waals surface area contributed by atoms with E-state index in [-0.39, 0.29) is 22.7 Å². The highest BCUT2D eigenvalue weighted by Crippen LogP contribution is 2.42. The lowest BCUT2D eigenvalue weighted by atomic mass is 9.73.